The summed E-state index contributed by atoms with van der Waals surface area (Å²) in [6.07, 6.45) is 4.07. The second kappa shape index (κ2) is 5.36. The zero-order valence-corrected chi connectivity index (χ0v) is 12.0. The fourth-order valence-electron chi connectivity index (χ4n) is 2.00. The molecule has 2 rings (SSSR count). The molecule has 1 aromatic heterocycles. The third-order valence-corrected chi connectivity index (χ3v) is 4.47. The lowest BCUT2D eigenvalue weighted by molar-refractivity contribution is 0.0299. The van der Waals surface area contributed by atoms with Gasteiger partial charge in [-0.05, 0) is 52.7 Å². The zero-order chi connectivity index (χ0) is 12.3. The maximum Gasteiger partial charge on any atom is 0.140 e. The van der Waals surface area contributed by atoms with E-state index in [1.807, 2.05) is 12.3 Å². The summed E-state index contributed by atoms with van der Waals surface area (Å²) >= 11 is 3.57. The lowest BCUT2D eigenvalue weighted by Gasteiger charge is -2.33. The van der Waals surface area contributed by atoms with Crippen LogP contribution in [0.2, 0.25) is 0 Å². The average Bonchev–Trinajstić information content (AvgIpc) is 2.32. The van der Waals surface area contributed by atoms with Crippen LogP contribution in [-0.4, -0.2) is 24.7 Å². The Morgan fingerprint density at radius 2 is 2.18 bits per heavy atom. The van der Waals surface area contributed by atoms with Crippen LogP contribution in [0.15, 0.2) is 16.7 Å². The Morgan fingerprint density at radius 3 is 2.88 bits per heavy atom. The highest BCUT2D eigenvalue weighted by atomic mass is 79.9. The molecular formula is C13H19BrN2O. The standard InChI is InChI=1S/C13H19BrN2O/c1-10-3-6-15-12(11(10)14)16-9-13(2)4-7-17-8-5-13/h3,6H,4-5,7-9H2,1-2H3,(H,15,16). The van der Waals surface area contributed by atoms with Crippen LogP contribution in [-0.2, 0) is 4.74 Å². The molecule has 2 heterocycles. The minimum absolute atomic E-state index is 0.323. The number of hydrogen-bond acceptors (Lipinski definition) is 3. The molecule has 0 radical (unpaired) electrons. The first-order valence-electron chi connectivity index (χ1n) is 6.03. The Balaban J connectivity index is 1.99. The van der Waals surface area contributed by atoms with Crippen LogP contribution in [0.3, 0.4) is 0 Å². The number of rotatable bonds is 3. The van der Waals surface area contributed by atoms with Crippen molar-refractivity contribution < 1.29 is 4.74 Å². The first-order valence-corrected chi connectivity index (χ1v) is 6.83. The van der Waals surface area contributed by atoms with Crippen molar-refractivity contribution >= 4 is 21.7 Å². The van der Waals surface area contributed by atoms with E-state index in [-0.39, 0.29) is 0 Å². The molecule has 0 amide bonds. The van der Waals surface area contributed by atoms with Crippen molar-refractivity contribution in [1.29, 1.82) is 0 Å². The Morgan fingerprint density at radius 1 is 1.47 bits per heavy atom. The molecule has 3 nitrogen and oxygen atoms in total. The summed E-state index contributed by atoms with van der Waals surface area (Å²) < 4.78 is 6.47. The van der Waals surface area contributed by atoms with Gasteiger partial charge in [0.1, 0.15) is 5.82 Å². The molecule has 1 fully saturated rings. The maximum absolute atomic E-state index is 5.41. The molecule has 1 N–H and O–H groups in total. The minimum Gasteiger partial charge on any atom is -0.381 e. The van der Waals surface area contributed by atoms with Crippen LogP contribution >= 0.6 is 15.9 Å². The molecule has 0 saturated carbocycles. The predicted molar refractivity (Wildman–Crippen MR) is 73.3 cm³/mol. The smallest absolute Gasteiger partial charge is 0.140 e. The molecule has 0 spiro atoms. The molecule has 0 atom stereocenters. The Bertz CT molecular complexity index is 389. The van der Waals surface area contributed by atoms with Crippen molar-refractivity contribution in [1.82, 2.24) is 4.98 Å². The van der Waals surface area contributed by atoms with Gasteiger partial charge in [0.05, 0.1) is 4.47 Å². The van der Waals surface area contributed by atoms with Crippen molar-refractivity contribution in [3.8, 4) is 0 Å². The van der Waals surface area contributed by atoms with E-state index < -0.39 is 0 Å². The Labute approximate surface area is 111 Å². The summed E-state index contributed by atoms with van der Waals surface area (Å²) in [5, 5.41) is 3.45. The summed E-state index contributed by atoms with van der Waals surface area (Å²) in [6.45, 7) is 7.09. The summed E-state index contributed by atoms with van der Waals surface area (Å²) in [5.41, 5.74) is 1.53. The predicted octanol–water partition coefficient (Wildman–Crippen LogP) is 3.38. The molecule has 1 aliphatic heterocycles. The number of anilines is 1. The van der Waals surface area contributed by atoms with Crippen LogP contribution in [0, 0.1) is 12.3 Å². The molecule has 4 heteroatoms. The molecule has 0 aliphatic carbocycles. The van der Waals surface area contributed by atoms with Gasteiger partial charge in [-0.2, -0.15) is 0 Å². The highest BCUT2D eigenvalue weighted by Crippen LogP contribution is 2.31. The second-order valence-corrected chi connectivity index (χ2v) is 5.86. The first kappa shape index (κ1) is 12.8. The SMILES string of the molecule is Cc1ccnc(NCC2(C)CCOCC2)c1Br. The van der Waals surface area contributed by atoms with Gasteiger partial charge >= 0.3 is 0 Å². The number of halogens is 1. The van der Waals surface area contributed by atoms with Crippen molar-refractivity contribution in [2.45, 2.75) is 26.7 Å². The van der Waals surface area contributed by atoms with E-state index >= 15 is 0 Å². The van der Waals surface area contributed by atoms with Gasteiger partial charge in [-0.15, -0.1) is 0 Å². The highest BCUT2D eigenvalue weighted by Gasteiger charge is 2.27. The van der Waals surface area contributed by atoms with Crippen LogP contribution < -0.4 is 5.32 Å². The van der Waals surface area contributed by atoms with Gasteiger partial charge in [0.2, 0.25) is 0 Å². The number of ether oxygens (including phenoxy) is 1. The lowest BCUT2D eigenvalue weighted by atomic mass is 9.82. The normalized spacial score (nSPS) is 19.0. The van der Waals surface area contributed by atoms with E-state index in [9.17, 15) is 0 Å². The van der Waals surface area contributed by atoms with E-state index in [0.717, 1.165) is 42.9 Å². The first-order chi connectivity index (χ1) is 8.11. The molecule has 17 heavy (non-hydrogen) atoms. The van der Waals surface area contributed by atoms with E-state index in [0.29, 0.717) is 5.41 Å². The van der Waals surface area contributed by atoms with Crippen molar-refractivity contribution in [2.75, 3.05) is 25.1 Å². The third kappa shape index (κ3) is 3.19. The monoisotopic (exact) mass is 298 g/mol. The molecule has 0 bridgehead atoms. The summed E-state index contributed by atoms with van der Waals surface area (Å²) in [7, 11) is 0. The molecule has 1 aromatic rings. The van der Waals surface area contributed by atoms with E-state index in [1.165, 1.54) is 5.56 Å². The number of hydrogen-bond donors (Lipinski definition) is 1. The average molecular weight is 299 g/mol. The number of nitrogens with one attached hydrogen (secondary N) is 1. The topological polar surface area (TPSA) is 34.2 Å². The molecule has 1 aliphatic rings. The minimum atomic E-state index is 0.323. The van der Waals surface area contributed by atoms with Crippen molar-refractivity contribution in [3.05, 3.63) is 22.3 Å². The zero-order valence-electron chi connectivity index (χ0n) is 10.4. The fourth-order valence-corrected chi connectivity index (χ4v) is 2.38. The van der Waals surface area contributed by atoms with E-state index in [1.54, 1.807) is 0 Å². The van der Waals surface area contributed by atoms with Crippen LogP contribution in [0.5, 0.6) is 0 Å². The van der Waals surface area contributed by atoms with Crippen molar-refractivity contribution in [2.24, 2.45) is 5.41 Å². The number of aryl methyl sites for hydroxylation is 1. The molecule has 0 aromatic carbocycles. The van der Waals surface area contributed by atoms with Crippen LogP contribution in [0.1, 0.15) is 25.3 Å². The fraction of sp³-hybridized carbons (Fsp3) is 0.615. The highest BCUT2D eigenvalue weighted by molar-refractivity contribution is 9.10. The summed E-state index contributed by atoms with van der Waals surface area (Å²) in [6, 6.07) is 2.01. The van der Waals surface area contributed by atoms with Gasteiger partial charge in [0, 0.05) is 26.0 Å². The Hall–Kier alpha value is -0.610. The van der Waals surface area contributed by atoms with E-state index in [4.69, 9.17) is 4.74 Å². The van der Waals surface area contributed by atoms with Crippen LogP contribution in [0.25, 0.3) is 0 Å². The second-order valence-electron chi connectivity index (χ2n) is 5.07. The molecular weight excluding hydrogens is 280 g/mol. The van der Waals surface area contributed by atoms with Gasteiger partial charge in [-0.3, -0.25) is 0 Å². The van der Waals surface area contributed by atoms with Crippen LogP contribution in [0.4, 0.5) is 5.82 Å². The number of pyridine rings is 1. The van der Waals surface area contributed by atoms with Gasteiger partial charge < -0.3 is 10.1 Å². The van der Waals surface area contributed by atoms with E-state index in [2.05, 4.69) is 40.1 Å². The molecule has 0 unspecified atom stereocenters. The van der Waals surface area contributed by atoms with Gasteiger partial charge in [0.25, 0.3) is 0 Å². The number of aromatic nitrogens is 1. The molecule has 94 valence electrons. The largest absolute Gasteiger partial charge is 0.381 e. The molecule has 1 saturated heterocycles. The van der Waals surface area contributed by atoms with Gasteiger partial charge in [-0.25, -0.2) is 4.98 Å². The maximum atomic E-state index is 5.41. The van der Waals surface area contributed by atoms with Crippen molar-refractivity contribution in [3.63, 3.8) is 0 Å². The Kier molecular flexibility index (Phi) is 4.05. The summed E-state index contributed by atoms with van der Waals surface area (Å²) in [4.78, 5) is 4.37. The quantitative estimate of drug-likeness (QED) is 0.929. The lowest BCUT2D eigenvalue weighted by Crippen LogP contribution is -2.33. The third-order valence-electron chi connectivity index (χ3n) is 3.46. The summed E-state index contributed by atoms with van der Waals surface area (Å²) in [5.74, 6) is 0.942. The van der Waals surface area contributed by atoms with Gasteiger partial charge in [0.15, 0.2) is 0 Å². The van der Waals surface area contributed by atoms with Gasteiger partial charge in [-0.1, -0.05) is 6.92 Å². The number of nitrogens with zero attached hydrogens (tertiary/aromatic N) is 1.